The lowest BCUT2D eigenvalue weighted by Gasteiger charge is -2.18. The lowest BCUT2D eigenvalue weighted by Crippen LogP contribution is -2.31. The molecule has 1 atom stereocenters. The van der Waals surface area contributed by atoms with Crippen molar-refractivity contribution in [3.8, 4) is 0 Å². The summed E-state index contributed by atoms with van der Waals surface area (Å²) >= 11 is 11.9. The zero-order chi connectivity index (χ0) is 22.7. The number of hydrogen-bond acceptors (Lipinski definition) is 4. The van der Waals surface area contributed by atoms with E-state index in [1.165, 1.54) is 18.2 Å². The van der Waals surface area contributed by atoms with Crippen LogP contribution in [0, 0.1) is 0 Å². The molecule has 32 heavy (non-hydrogen) atoms. The summed E-state index contributed by atoms with van der Waals surface area (Å²) < 4.78 is 27.8. The Morgan fingerprint density at radius 3 is 2.38 bits per heavy atom. The Balaban J connectivity index is 1.40. The summed E-state index contributed by atoms with van der Waals surface area (Å²) in [6.07, 6.45) is 0.860. The number of nitrogens with one attached hydrogen (secondary N) is 2. The molecular formula is C23H21Cl2N3O3S. The van der Waals surface area contributed by atoms with Crippen molar-refractivity contribution in [1.29, 1.82) is 0 Å². The van der Waals surface area contributed by atoms with Gasteiger partial charge in [-0.2, -0.15) is 0 Å². The fraction of sp³-hybridized carbons (Fsp3) is 0.174. The van der Waals surface area contributed by atoms with E-state index in [1.807, 2.05) is 30.3 Å². The van der Waals surface area contributed by atoms with Crippen molar-refractivity contribution in [2.24, 2.45) is 0 Å². The Bertz CT molecular complexity index is 1220. The molecule has 0 aliphatic carbocycles. The van der Waals surface area contributed by atoms with Crippen LogP contribution in [0.25, 0.3) is 0 Å². The van der Waals surface area contributed by atoms with Crippen molar-refractivity contribution >= 4 is 50.5 Å². The molecule has 1 fully saturated rings. The molecule has 1 aliphatic heterocycles. The molecule has 0 radical (unpaired) electrons. The summed E-state index contributed by atoms with van der Waals surface area (Å²) in [5, 5.41) is 3.78. The van der Waals surface area contributed by atoms with Gasteiger partial charge in [0.2, 0.25) is 0 Å². The number of nitrogens with zero attached hydrogens (tertiary/aromatic N) is 1. The first-order valence-corrected chi connectivity index (χ1v) is 12.2. The van der Waals surface area contributed by atoms with Crippen LogP contribution in [0.2, 0.25) is 10.0 Å². The number of likely N-dealkylation sites (tertiary alicyclic amines) is 1. The van der Waals surface area contributed by atoms with Gasteiger partial charge in [-0.3, -0.25) is 9.52 Å². The van der Waals surface area contributed by atoms with Gasteiger partial charge in [0.25, 0.3) is 15.9 Å². The number of sulfonamides is 1. The van der Waals surface area contributed by atoms with E-state index in [4.69, 9.17) is 23.2 Å². The molecule has 9 heteroatoms. The van der Waals surface area contributed by atoms with Crippen LogP contribution in [0.3, 0.4) is 0 Å². The van der Waals surface area contributed by atoms with E-state index < -0.39 is 10.0 Å². The monoisotopic (exact) mass is 489 g/mol. The highest BCUT2D eigenvalue weighted by atomic mass is 35.5. The summed E-state index contributed by atoms with van der Waals surface area (Å²) in [7, 11) is -3.92. The Hall–Kier alpha value is -2.74. The number of amides is 1. The van der Waals surface area contributed by atoms with Crippen molar-refractivity contribution in [1.82, 2.24) is 4.90 Å². The number of benzene rings is 3. The van der Waals surface area contributed by atoms with Gasteiger partial charge in [0.1, 0.15) is 4.90 Å². The van der Waals surface area contributed by atoms with Crippen molar-refractivity contribution in [2.75, 3.05) is 23.1 Å². The van der Waals surface area contributed by atoms with E-state index in [0.717, 1.165) is 12.1 Å². The number of hydrogen-bond donors (Lipinski definition) is 2. The van der Waals surface area contributed by atoms with Gasteiger partial charge in [-0.25, -0.2) is 8.42 Å². The van der Waals surface area contributed by atoms with E-state index >= 15 is 0 Å². The highest BCUT2D eigenvalue weighted by molar-refractivity contribution is 7.92. The number of halogens is 2. The number of para-hydroxylation sites is 1. The van der Waals surface area contributed by atoms with Gasteiger partial charge in [0, 0.05) is 41.1 Å². The predicted octanol–water partition coefficient (Wildman–Crippen LogP) is 5.12. The standard InChI is InChI=1S/C23H21Cl2N3O3S/c24-17-8-11-21(25)22(14-17)32(30,31)27-19-9-6-16(7-10-19)23(29)28-13-12-20(15-28)26-18-4-2-1-3-5-18/h1-11,14,20,26-27H,12-13,15H2. The fourth-order valence-corrected chi connectivity index (χ4v) is 5.41. The Morgan fingerprint density at radius 1 is 0.938 bits per heavy atom. The molecule has 6 nitrogen and oxygen atoms in total. The predicted molar refractivity (Wildman–Crippen MR) is 128 cm³/mol. The Labute approximate surface area is 197 Å². The van der Waals surface area contributed by atoms with Crippen molar-refractivity contribution in [3.63, 3.8) is 0 Å². The van der Waals surface area contributed by atoms with Gasteiger partial charge < -0.3 is 10.2 Å². The minimum absolute atomic E-state index is 0.0707. The molecule has 166 valence electrons. The number of carbonyl (C=O) groups is 1. The van der Waals surface area contributed by atoms with Crippen LogP contribution in [0.5, 0.6) is 0 Å². The molecule has 3 aromatic carbocycles. The average molecular weight is 490 g/mol. The molecule has 0 bridgehead atoms. The summed E-state index contributed by atoms with van der Waals surface area (Å²) in [4.78, 5) is 14.6. The molecule has 1 aliphatic rings. The van der Waals surface area contributed by atoms with E-state index in [0.29, 0.717) is 24.3 Å². The number of anilines is 2. The maximum Gasteiger partial charge on any atom is 0.263 e. The molecule has 0 spiro atoms. The molecule has 1 unspecified atom stereocenters. The van der Waals surface area contributed by atoms with Gasteiger partial charge in [0.15, 0.2) is 0 Å². The molecule has 4 rings (SSSR count). The van der Waals surface area contributed by atoms with Crippen molar-refractivity contribution in [2.45, 2.75) is 17.4 Å². The quantitative estimate of drug-likeness (QED) is 0.503. The molecule has 0 aromatic heterocycles. The van der Waals surface area contributed by atoms with E-state index in [2.05, 4.69) is 10.0 Å². The molecule has 1 saturated heterocycles. The first kappa shape index (κ1) is 22.5. The zero-order valence-electron chi connectivity index (χ0n) is 17.0. The first-order valence-electron chi connectivity index (χ1n) is 10.0. The molecule has 1 amide bonds. The SMILES string of the molecule is O=C(c1ccc(NS(=O)(=O)c2cc(Cl)ccc2Cl)cc1)N1CCC(Nc2ccccc2)C1. The van der Waals surface area contributed by atoms with Crippen LogP contribution in [-0.4, -0.2) is 38.4 Å². The van der Waals surface area contributed by atoms with Gasteiger partial charge in [-0.05, 0) is 61.0 Å². The van der Waals surface area contributed by atoms with Crippen LogP contribution in [0.15, 0.2) is 77.7 Å². The lowest BCUT2D eigenvalue weighted by atomic mass is 10.2. The van der Waals surface area contributed by atoms with E-state index in [-0.39, 0.29) is 26.9 Å². The Morgan fingerprint density at radius 2 is 1.66 bits per heavy atom. The van der Waals surface area contributed by atoms with Crippen LogP contribution < -0.4 is 10.0 Å². The maximum atomic E-state index is 12.9. The normalized spacial score (nSPS) is 16.1. The third kappa shape index (κ3) is 5.18. The molecule has 1 heterocycles. The zero-order valence-corrected chi connectivity index (χ0v) is 19.3. The smallest absolute Gasteiger partial charge is 0.263 e. The highest BCUT2D eigenvalue weighted by Crippen LogP contribution is 2.27. The van der Waals surface area contributed by atoms with Crippen LogP contribution in [-0.2, 0) is 10.0 Å². The average Bonchev–Trinajstić information content (AvgIpc) is 3.24. The van der Waals surface area contributed by atoms with Crippen molar-refractivity contribution < 1.29 is 13.2 Å². The Kier molecular flexibility index (Phi) is 6.60. The van der Waals surface area contributed by atoms with Gasteiger partial charge in [-0.15, -0.1) is 0 Å². The maximum absolute atomic E-state index is 12.9. The molecule has 3 aromatic rings. The van der Waals surface area contributed by atoms with E-state index in [1.54, 1.807) is 29.2 Å². The topological polar surface area (TPSA) is 78.5 Å². The van der Waals surface area contributed by atoms with Gasteiger partial charge in [-0.1, -0.05) is 41.4 Å². The first-order chi connectivity index (χ1) is 15.3. The molecule has 2 N–H and O–H groups in total. The summed E-state index contributed by atoms with van der Waals surface area (Å²) in [5.41, 5.74) is 1.85. The number of rotatable bonds is 6. The van der Waals surface area contributed by atoms with Crippen LogP contribution >= 0.6 is 23.2 Å². The largest absolute Gasteiger partial charge is 0.380 e. The van der Waals surface area contributed by atoms with Crippen LogP contribution in [0.4, 0.5) is 11.4 Å². The summed E-state index contributed by atoms with van der Waals surface area (Å²) in [6, 6.07) is 20.6. The second-order valence-electron chi connectivity index (χ2n) is 7.50. The highest BCUT2D eigenvalue weighted by Gasteiger charge is 2.27. The molecule has 0 saturated carbocycles. The molecular weight excluding hydrogens is 469 g/mol. The minimum atomic E-state index is -3.92. The summed E-state index contributed by atoms with van der Waals surface area (Å²) in [5.74, 6) is -0.0883. The lowest BCUT2D eigenvalue weighted by molar-refractivity contribution is 0.0791. The van der Waals surface area contributed by atoms with E-state index in [9.17, 15) is 13.2 Å². The second-order valence-corrected chi connectivity index (χ2v) is 10.00. The minimum Gasteiger partial charge on any atom is -0.380 e. The van der Waals surface area contributed by atoms with Gasteiger partial charge >= 0.3 is 0 Å². The number of carbonyl (C=O) groups excluding carboxylic acids is 1. The third-order valence-electron chi connectivity index (χ3n) is 5.19. The van der Waals surface area contributed by atoms with Gasteiger partial charge in [0.05, 0.1) is 5.02 Å². The second kappa shape index (κ2) is 9.40. The fourth-order valence-electron chi connectivity index (χ4n) is 3.59. The summed E-state index contributed by atoms with van der Waals surface area (Å²) in [6.45, 7) is 1.26. The van der Waals surface area contributed by atoms with Crippen LogP contribution in [0.1, 0.15) is 16.8 Å². The third-order valence-corrected chi connectivity index (χ3v) is 7.28. The van der Waals surface area contributed by atoms with Crippen molar-refractivity contribution in [3.05, 3.63) is 88.4 Å².